The van der Waals surface area contributed by atoms with Crippen molar-refractivity contribution in [1.29, 1.82) is 0 Å². The normalized spacial score (nSPS) is 14.3. The van der Waals surface area contributed by atoms with Crippen LogP contribution in [0.15, 0.2) is 47.1 Å². The monoisotopic (exact) mass is 463 g/mol. The summed E-state index contributed by atoms with van der Waals surface area (Å²) in [7, 11) is 1.53. The Morgan fingerprint density at radius 2 is 1.82 bits per heavy atom. The van der Waals surface area contributed by atoms with Crippen LogP contribution >= 0.6 is 0 Å². The van der Waals surface area contributed by atoms with Crippen molar-refractivity contribution < 1.29 is 32.0 Å². The number of piperazine rings is 1. The van der Waals surface area contributed by atoms with E-state index in [-0.39, 0.29) is 18.3 Å². The zero-order valence-electron chi connectivity index (χ0n) is 17.6. The highest BCUT2D eigenvalue weighted by molar-refractivity contribution is 5.78. The quantitative estimate of drug-likeness (QED) is 0.551. The van der Waals surface area contributed by atoms with E-state index in [4.69, 9.17) is 9.47 Å². The third-order valence-corrected chi connectivity index (χ3v) is 5.05. The molecule has 9 nitrogen and oxygen atoms in total. The minimum atomic E-state index is -4.70. The summed E-state index contributed by atoms with van der Waals surface area (Å²) in [6, 6.07) is 10.3. The molecule has 4 rings (SSSR count). The highest BCUT2D eigenvalue weighted by atomic mass is 19.4. The minimum Gasteiger partial charge on any atom is -0.493 e. The van der Waals surface area contributed by atoms with Gasteiger partial charge >= 0.3 is 12.1 Å². The first-order valence-corrected chi connectivity index (χ1v) is 10.0. The molecule has 0 aliphatic carbocycles. The second-order valence-electron chi connectivity index (χ2n) is 7.13. The fourth-order valence-electron chi connectivity index (χ4n) is 3.32. The number of nitrogens with zero attached hydrogens (tertiary/aromatic N) is 5. The molecule has 3 heterocycles. The third-order valence-electron chi connectivity index (χ3n) is 5.05. The molecule has 1 aliphatic heterocycles. The average Bonchev–Trinajstić information content (AvgIpc) is 3.34. The van der Waals surface area contributed by atoms with Crippen LogP contribution in [0.25, 0.3) is 11.4 Å². The van der Waals surface area contributed by atoms with Gasteiger partial charge in [0.25, 0.3) is 5.91 Å². The number of hydrogen-bond acceptors (Lipinski definition) is 8. The Bertz CT molecular complexity index is 1100. The number of amides is 1. The fourth-order valence-corrected chi connectivity index (χ4v) is 3.32. The standard InChI is InChI=1S/C21H20F3N5O4/c1-31-15-4-2-3-5-16(15)32-13-18(30)29-10-8-28(9-11-29)17-7-6-14(12-25-17)19-26-20(33-27-19)21(22,23)24/h2-7,12H,8-11,13H2,1H3. The van der Waals surface area contributed by atoms with Gasteiger partial charge in [-0.05, 0) is 24.3 Å². The maximum Gasteiger partial charge on any atom is 0.471 e. The number of pyridine rings is 1. The predicted molar refractivity (Wildman–Crippen MR) is 110 cm³/mol. The number of ether oxygens (including phenoxy) is 2. The zero-order valence-corrected chi connectivity index (χ0v) is 17.6. The molecular weight excluding hydrogens is 443 g/mol. The number of carbonyl (C=O) groups is 1. The molecule has 1 aromatic carbocycles. The summed E-state index contributed by atoms with van der Waals surface area (Å²) in [6.45, 7) is 1.97. The second kappa shape index (κ2) is 9.35. The smallest absolute Gasteiger partial charge is 0.471 e. The van der Waals surface area contributed by atoms with Crippen LogP contribution in [0.3, 0.4) is 0 Å². The molecule has 0 saturated carbocycles. The highest BCUT2D eigenvalue weighted by Crippen LogP contribution is 2.29. The van der Waals surface area contributed by atoms with Gasteiger partial charge in [-0.3, -0.25) is 4.79 Å². The van der Waals surface area contributed by atoms with Crippen molar-refractivity contribution in [3.63, 3.8) is 0 Å². The van der Waals surface area contributed by atoms with Gasteiger partial charge < -0.3 is 23.8 Å². The van der Waals surface area contributed by atoms with Gasteiger partial charge in [-0.2, -0.15) is 18.2 Å². The second-order valence-corrected chi connectivity index (χ2v) is 7.13. The van der Waals surface area contributed by atoms with Crippen LogP contribution in [-0.4, -0.2) is 65.8 Å². The molecule has 0 radical (unpaired) electrons. The van der Waals surface area contributed by atoms with E-state index in [1.807, 2.05) is 11.0 Å². The number of anilines is 1. The Hall–Kier alpha value is -3.83. The van der Waals surface area contributed by atoms with Crippen LogP contribution in [0, 0.1) is 0 Å². The van der Waals surface area contributed by atoms with Gasteiger partial charge in [-0.1, -0.05) is 17.3 Å². The van der Waals surface area contributed by atoms with Gasteiger partial charge in [0.05, 0.1) is 7.11 Å². The number of hydrogen-bond donors (Lipinski definition) is 0. The summed E-state index contributed by atoms with van der Waals surface area (Å²) >= 11 is 0. The topological polar surface area (TPSA) is 93.8 Å². The van der Waals surface area contributed by atoms with Gasteiger partial charge in [-0.25, -0.2) is 4.98 Å². The van der Waals surface area contributed by atoms with E-state index in [0.29, 0.717) is 49.1 Å². The van der Waals surface area contributed by atoms with E-state index in [2.05, 4.69) is 19.6 Å². The Balaban J connectivity index is 1.30. The average molecular weight is 463 g/mol. The van der Waals surface area contributed by atoms with Crippen molar-refractivity contribution in [2.45, 2.75) is 6.18 Å². The summed E-state index contributed by atoms with van der Waals surface area (Å²) in [6.07, 6.45) is -3.31. The number of methoxy groups -OCH3 is 1. The van der Waals surface area contributed by atoms with Crippen LogP contribution in [0.5, 0.6) is 11.5 Å². The van der Waals surface area contributed by atoms with Crippen molar-refractivity contribution in [3.8, 4) is 22.9 Å². The number of halogens is 3. The van der Waals surface area contributed by atoms with Crippen molar-refractivity contribution in [2.75, 3.05) is 44.8 Å². The van der Waals surface area contributed by atoms with Crippen LogP contribution in [0.1, 0.15) is 5.89 Å². The van der Waals surface area contributed by atoms with E-state index < -0.39 is 12.1 Å². The van der Waals surface area contributed by atoms with Crippen molar-refractivity contribution >= 4 is 11.7 Å². The third kappa shape index (κ3) is 5.16. The number of benzene rings is 1. The van der Waals surface area contributed by atoms with E-state index >= 15 is 0 Å². The molecule has 1 fully saturated rings. The number of para-hydroxylation sites is 2. The largest absolute Gasteiger partial charge is 0.493 e. The summed E-state index contributed by atoms with van der Waals surface area (Å²) in [4.78, 5) is 23.8. The zero-order chi connectivity index (χ0) is 23.4. The van der Waals surface area contributed by atoms with Gasteiger partial charge in [0, 0.05) is 37.9 Å². The summed E-state index contributed by atoms with van der Waals surface area (Å²) < 4.78 is 52.9. The van der Waals surface area contributed by atoms with Crippen LogP contribution in [-0.2, 0) is 11.0 Å². The van der Waals surface area contributed by atoms with Crippen molar-refractivity contribution in [2.24, 2.45) is 0 Å². The Labute approximate surface area is 186 Å². The first kappa shape index (κ1) is 22.4. The molecule has 0 N–H and O–H groups in total. The molecule has 12 heteroatoms. The maximum absolute atomic E-state index is 12.6. The Kier molecular flexibility index (Phi) is 6.33. The fraction of sp³-hybridized carbons (Fsp3) is 0.333. The molecule has 2 aromatic heterocycles. The van der Waals surface area contributed by atoms with Gasteiger partial charge in [0.2, 0.25) is 5.82 Å². The molecule has 174 valence electrons. The first-order chi connectivity index (χ1) is 15.8. The molecule has 1 aliphatic rings. The predicted octanol–water partition coefficient (Wildman–Crippen LogP) is 2.89. The molecule has 0 spiro atoms. The SMILES string of the molecule is COc1ccccc1OCC(=O)N1CCN(c2ccc(-c3noc(C(F)(F)F)n3)cn2)CC1. The van der Waals surface area contributed by atoms with Crippen molar-refractivity contribution in [3.05, 3.63) is 48.5 Å². The molecule has 1 amide bonds. The van der Waals surface area contributed by atoms with Gasteiger partial charge in [0.15, 0.2) is 18.1 Å². The number of rotatable bonds is 6. The molecule has 1 saturated heterocycles. The van der Waals surface area contributed by atoms with Gasteiger partial charge in [-0.15, -0.1) is 0 Å². The summed E-state index contributed by atoms with van der Waals surface area (Å²) in [5.74, 6) is -0.0405. The Morgan fingerprint density at radius 1 is 1.09 bits per heavy atom. The lowest BCUT2D eigenvalue weighted by molar-refractivity contribution is -0.159. The Morgan fingerprint density at radius 3 is 2.42 bits per heavy atom. The highest BCUT2D eigenvalue weighted by Gasteiger charge is 2.38. The molecule has 3 aromatic rings. The number of carbonyl (C=O) groups excluding carboxylic acids is 1. The van der Waals surface area contributed by atoms with Gasteiger partial charge in [0.1, 0.15) is 5.82 Å². The lowest BCUT2D eigenvalue weighted by Gasteiger charge is -2.35. The van der Waals surface area contributed by atoms with Crippen LogP contribution in [0.2, 0.25) is 0 Å². The number of alkyl halides is 3. The lowest BCUT2D eigenvalue weighted by atomic mass is 10.2. The minimum absolute atomic E-state index is 0.0993. The van der Waals surface area contributed by atoms with E-state index in [0.717, 1.165) is 0 Å². The van der Waals surface area contributed by atoms with E-state index in [9.17, 15) is 18.0 Å². The van der Waals surface area contributed by atoms with Crippen LogP contribution in [0.4, 0.5) is 19.0 Å². The first-order valence-electron chi connectivity index (χ1n) is 10.0. The maximum atomic E-state index is 12.6. The number of aromatic nitrogens is 3. The van der Waals surface area contributed by atoms with E-state index in [1.165, 1.54) is 13.3 Å². The molecular formula is C21H20F3N5O4. The molecule has 0 bridgehead atoms. The van der Waals surface area contributed by atoms with Crippen LogP contribution < -0.4 is 14.4 Å². The summed E-state index contributed by atoms with van der Waals surface area (Å²) in [5, 5.41) is 3.35. The lowest BCUT2D eigenvalue weighted by Crippen LogP contribution is -2.50. The van der Waals surface area contributed by atoms with Crippen molar-refractivity contribution in [1.82, 2.24) is 20.0 Å². The summed E-state index contributed by atoms with van der Waals surface area (Å²) in [5.41, 5.74) is 0.306. The molecule has 0 unspecified atom stereocenters. The van der Waals surface area contributed by atoms with E-state index in [1.54, 1.807) is 35.2 Å². The molecule has 0 atom stereocenters. The molecule has 33 heavy (non-hydrogen) atoms.